The van der Waals surface area contributed by atoms with Gasteiger partial charge in [0.1, 0.15) is 0 Å². The van der Waals surface area contributed by atoms with Crippen molar-refractivity contribution in [1.82, 2.24) is 4.90 Å². The molecular weight excluding hydrogens is 338 g/mol. The van der Waals surface area contributed by atoms with Crippen molar-refractivity contribution in [3.63, 3.8) is 0 Å². The normalized spacial score (nSPS) is 13.3. The Morgan fingerprint density at radius 2 is 1.58 bits per heavy atom. The van der Waals surface area contributed by atoms with Gasteiger partial charge < -0.3 is 18.9 Å². The third-order valence-electron chi connectivity index (χ3n) is 3.82. The van der Waals surface area contributed by atoms with Crippen molar-refractivity contribution in [3.05, 3.63) is 53.4 Å². The molecule has 0 atom stereocenters. The minimum Gasteiger partial charge on any atom is -0.493 e. The van der Waals surface area contributed by atoms with Gasteiger partial charge in [-0.1, -0.05) is 6.08 Å². The molecule has 0 saturated carbocycles. The van der Waals surface area contributed by atoms with Crippen LogP contribution in [0.15, 0.2) is 47.8 Å². The van der Waals surface area contributed by atoms with E-state index in [-0.39, 0.29) is 5.78 Å². The van der Waals surface area contributed by atoms with E-state index in [1.54, 1.807) is 37.3 Å². The number of ketones is 1. The molecule has 0 radical (unpaired) electrons. The molecule has 1 aliphatic heterocycles. The van der Waals surface area contributed by atoms with E-state index in [0.29, 0.717) is 34.1 Å². The largest absolute Gasteiger partial charge is 0.493 e. The van der Waals surface area contributed by atoms with Crippen molar-refractivity contribution >= 4 is 11.9 Å². The molecule has 2 rings (SSSR count). The van der Waals surface area contributed by atoms with Gasteiger partial charge in [-0.05, 0) is 31.2 Å². The Morgan fingerprint density at radius 3 is 2.08 bits per heavy atom. The van der Waals surface area contributed by atoms with Crippen LogP contribution in [0, 0.1) is 0 Å². The van der Waals surface area contributed by atoms with Crippen molar-refractivity contribution in [2.45, 2.75) is 6.92 Å². The van der Waals surface area contributed by atoms with E-state index in [4.69, 9.17) is 18.9 Å². The molecule has 0 aromatic heterocycles. The molecule has 7 heteroatoms. The standard InChI is InChI=1S/C19H21NO6/c1-12-7-6-8-13(11-20(12)19(22)26-5)17(21)14-9-15(23-2)18(25-4)16(10-14)24-3/h6-11H,1-5H3. The molecule has 0 unspecified atom stereocenters. The quantitative estimate of drug-likeness (QED) is 0.751. The first-order valence-corrected chi connectivity index (χ1v) is 7.75. The maximum Gasteiger partial charge on any atom is 0.417 e. The summed E-state index contributed by atoms with van der Waals surface area (Å²) in [4.78, 5) is 26.2. The lowest BCUT2D eigenvalue weighted by atomic mass is 10.0. The predicted molar refractivity (Wildman–Crippen MR) is 95.7 cm³/mol. The highest BCUT2D eigenvalue weighted by Crippen LogP contribution is 2.38. The Kier molecular flexibility index (Phi) is 6.06. The number of amides is 1. The fraction of sp³-hybridized carbons (Fsp3) is 0.263. The third-order valence-corrected chi connectivity index (χ3v) is 3.82. The number of allylic oxidation sites excluding steroid dienone is 5. The van der Waals surface area contributed by atoms with Gasteiger partial charge in [0.15, 0.2) is 17.3 Å². The van der Waals surface area contributed by atoms with Crippen LogP contribution in [-0.4, -0.2) is 45.2 Å². The van der Waals surface area contributed by atoms with E-state index in [2.05, 4.69) is 0 Å². The molecule has 1 heterocycles. The zero-order valence-electron chi connectivity index (χ0n) is 15.4. The van der Waals surface area contributed by atoms with Crippen LogP contribution in [0.5, 0.6) is 17.2 Å². The molecule has 0 aliphatic carbocycles. The predicted octanol–water partition coefficient (Wildman–Crippen LogP) is 3.32. The topological polar surface area (TPSA) is 74.3 Å². The van der Waals surface area contributed by atoms with Gasteiger partial charge in [-0.3, -0.25) is 9.69 Å². The first kappa shape index (κ1) is 19.1. The van der Waals surface area contributed by atoms with E-state index in [9.17, 15) is 9.59 Å². The second kappa shape index (κ2) is 8.24. The number of hydrogen-bond donors (Lipinski definition) is 0. The Hall–Kier alpha value is -3.22. The summed E-state index contributed by atoms with van der Waals surface area (Å²) in [5.41, 5.74) is 1.26. The maximum atomic E-state index is 13.0. The summed E-state index contributed by atoms with van der Waals surface area (Å²) < 4.78 is 20.6. The van der Waals surface area contributed by atoms with Crippen LogP contribution < -0.4 is 14.2 Å². The minimum absolute atomic E-state index is 0.303. The number of benzene rings is 1. The van der Waals surface area contributed by atoms with Gasteiger partial charge in [-0.15, -0.1) is 0 Å². The minimum atomic E-state index is -0.586. The van der Waals surface area contributed by atoms with E-state index in [1.165, 1.54) is 39.5 Å². The first-order chi connectivity index (χ1) is 12.5. The van der Waals surface area contributed by atoms with Gasteiger partial charge in [-0.25, -0.2) is 4.79 Å². The first-order valence-electron chi connectivity index (χ1n) is 7.75. The Balaban J connectivity index is 2.49. The van der Waals surface area contributed by atoms with Gasteiger partial charge in [0.2, 0.25) is 5.75 Å². The molecule has 0 saturated heterocycles. The summed E-state index contributed by atoms with van der Waals surface area (Å²) >= 11 is 0. The van der Waals surface area contributed by atoms with E-state index >= 15 is 0 Å². The van der Waals surface area contributed by atoms with Gasteiger partial charge in [0.25, 0.3) is 0 Å². The monoisotopic (exact) mass is 359 g/mol. The Labute approximate surface area is 152 Å². The smallest absolute Gasteiger partial charge is 0.417 e. The summed E-state index contributed by atoms with van der Waals surface area (Å²) in [7, 11) is 5.72. The summed E-state index contributed by atoms with van der Waals surface area (Å²) in [5, 5.41) is 0. The second-order valence-corrected chi connectivity index (χ2v) is 5.33. The van der Waals surface area contributed by atoms with Gasteiger partial charge >= 0.3 is 6.09 Å². The van der Waals surface area contributed by atoms with Crippen LogP contribution in [-0.2, 0) is 4.74 Å². The number of Topliss-reactive ketones (excluding diaryl/α,β-unsaturated/α-hetero) is 1. The third kappa shape index (κ3) is 3.72. The zero-order chi connectivity index (χ0) is 19.3. The lowest BCUT2D eigenvalue weighted by Crippen LogP contribution is -2.24. The molecule has 1 amide bonds. The lowest BCUT2D eigenvalue weighted by molar-refractivity contribution is 0.103. The summed E-state index contributed by atoms with van der Waals surface area (Å²) in [6.07, 6.45) is 5.88. The molecule has 0 spiro atoms. The molecule has 0 fully saturated rings. The van der Waals surface area contributed by atoms with Crippen molar-refractivity contribution in [3.8, 4) is 17.2 Å². The number of carbonyl (C=O) groups is 2. The fourth-order valence-electron chi connectivity index (χ4n) is 2.46. The van der Waals surface area contributed by atoms with Crippen molar-refractivity contribution in [2.75, 3.05) is 28.4 Å². The van der Waals surface area contributed by atoms with Crippen LogP contribution in [0.4, 0.5) is 4.79 Å². The molecule has 0 bridgehead atoms. The molecule has 138 valence electrons. The summed E-state index contributed by atoms with van der Waals surface area (Å²) in [5.74, 6) is 0.822. The Morgan fingerprint density at radius 1 is 0.962 bits per heavy atom. The highest BCUT2D eigenvalue weighted by molar-refractivity contribution is 6.11. The second-order valence-electron chi connectivity index (χ2n) is 5.33. The van der Waals surface area contributed by atoms with E-state index in [1.807, 2.05) is 0 Å². The average molecular weight is 359 g/mol. The van der Waals surface area contributed by atoms with Crippen LogP contribution in [0.25, 0.3) is 0 Å². The molecule has 7 nitrogen and oxygen atoms in total. The highest BCUT2D eigenvalue weighted by Gasteiger charge is 2.22. The van der Waals surface area contributed by atoms with Gasteiger partial charge in [-0.2, -0.15) is 0 Å². The molecule has 26 heavy (non-hydrogen) atoms. The number of ether oxygens (including phenoxy) is 4. The number of methoxy groups -OCH3 is 4. The van der Waals surface area contributed by atoms with Crippen LogP contribution in [0.2, 0.25) is 0 Å². The van der Waals surface area contributed by atoms with E-state index < -0.39 is 6.09 Å². The van der Waals surface area contributed by atoms with Crippen LogP contribution in [0.1, 0.15) is 17.3 Å². The van der Waals surface area contributed by atoms with Crippen LogP contribution in [0.3, 0.4) is 0 Å². The SMILES string of the molecule is COC(=O)N1C=C(C(=O)c2cc(OC)c(OC)c(OC)c2)C=CC=C1C. The zero-order valence-corrected chi connectivity index (χ0v) is 15.4. The van der Waals surface area contributed by atoms with Crippen LogP contribution >= 0.6 is 0 Å². The number of nitrogens with zero attached hydrogens (tertiary/aromatic N) is 1. The van der Waals surface area contributed by atoms with Gasteiger partial charge in [0, 0.05) is 23.0 Å². The number of rotatable bonds is 5. The van der Waals surface area contributed by atoms with Crippen molar-refractivity contribution in [2.24, 2.45) is 0 Å². The highest BCUT2D eigenvalue weighted by atomic mass is 16.5. The number of carbonyl (C=O) groups excluding carboxylic acids is 2. The molecule has 1 aromatic carbocycles. The summed E-state index contributed by atoms with van der Waals surface area (Å²) in [6, 6.07) is 3.12. The molecular formula is C19H21NO6. The average Bonchev–Trinajstić information content (AvgIpc) is 2.87. The number of hydrogen-bond acceptors (Lipinski definition) is 6. The summed E-state index contributed by atoms with van der Waals surface area (Å²) in [6.45, 7) is 1.74. The molecule has 1 aromatic rings. The van der Waals surface area contributed by atoms with E-state index in [0.717, 1.165) is 0 Å². The lowest BCUT2D eigenvalue weighted by Gasteiger charge is -2.17. The van der Waals surface area contributed by atoms with Gasteiger partial charge in [0.05, 0.1) is 28.4 Å². The van der Waals surface area contributed by atoms with Crippen molar-refractivity contribution < 1.29 is 28.5 Å². The maximum absolute atomic E-state index is 13.0. The fourth-order valence-corrected chi connectivity index (χ4v) is 2.46. The molecule has 0 N–H and O–H groups in total. The molecule has 1 aliphatic rings. The Bertz CT molecular complexity index is 781. The van der Waals surface area contributed by atoms with Crippen molar-refractivity contribution in [1.29, 1.82) is 0 Å².